The van der Waals surface area contributed by atoms with Crippen molar-refractivity contribution in [3.63, 3.8) is 0 Å². The van der Waals surface area contributed by atoms with Crippen molar-refractivity contribution in [3.05, 3.63) is 0 Å². The van der Waals surface area contributed by atoms with Crippen LogP contribution in [0, 0.1) is 11.8 Å². The van der Waals surface area contributed by atoms with Crippen molar-refractivity contribution in [3.8, 4) is 0 Å². The Labute approximate surface area is 119 Å². The van der Waals surface area contributed by atoms with E-state index >= 15 is 0 Å². The van der Waals surface area contributed by atoms with E-state index in [1.807, 2.05) is 0 Å². The Bertz CT molecular complexity index is 616. The van der Waals surface area contributed by atoms with Gasteiger partial charge in [-0.25, -0.2) is 16.8 Å². The van der Waals surface area contributed by atoms with Crippen molar-refractivity contribution in [1.82, 2.24) is 0 Å². The molecule has 1 N–H and O–H groups in total. The van der Waals surface area contributed by atoms with E-state index in [1.54, 1.807) is 0 Å². The van der Waals surface area contributed by atoms with Crippen LogP contribution in [-0.2, 0) is 24.5 Å². The molecule has 0 aliphatic heterocycles. The molecule has 0 heterocycles. The van der Waals surface area contributed by atoms with E-state index in [1.165, 1.54) is 0 Å². The lowest BCUT2D eigenvalue weighted by molar-refractivity contribution is -0.138. The van der Waals surface area contributed by atoms with Crippen LogP contribution in [0.1, 0.15) is 12.8 Å². The van der Waals surface area contributed by atoms with Gasteiger partial charge in [0.05, 0.1) is 5.92 Å². The molecule has 0 aromatic carbocycles. The van der Waals surface area contributed by atoms with Gasteiger partial charge in [-0.15, -0.1) is 0 Å². The Balaban J connectivity index is 3.28. The second-order valence-electron chi connectivity index (χ2n) is 4.59. The fourth-order valence-corrected chi connectivity index (χ4v) is 5.36. The van der Waals surface area contributed by atoms with E-state index in [9.17, 15) is 48.0 Å². The third kappa shape index (κ3) is 3.31. The highest BCUT2D eigenvalue weighted by molar-refractivity contribution is 8.09. The number of alkyl halides is 6. The van der Waals surface area contributed by atoms with Crippen molar-refractivity contribution >= 4 is 25.6 Å². The second kappa shape index (κ2) is 5.25. The van der Waals surface area contributed by atoms with E-state index in [2.05, 4.69) is 0 Å². The molecule has 22 heavy (non-hydrogen) atoms. The van der Waals surface area contributed by atoms with Crippen LogP contribution in [0.5, 0.6) is 0 Å². The topological polar surface area (TPSA) is 106 Å². The van der Waals surface area contributed by atoms with Crippen LogP contribution in [0.3, 0.4) is 0 Å². The minimum atomic E-state index is -6.68. The molecule has 130 valence electrons. The van der Waals surface area contributed by atoms with Gasteiger partial charge in [0.15, 0.2) is 4.58 Å². The number of hydrogen-bond acceptors (Lipinski definition) is 5. The van der Waals surface area contributed by atoms with Gasteiger partial charge in [0.25, 0.3) is 19.7 Å². The zero-order chi connectivity index (χ0) is 17.7. The maximum Gasteiger partial charge on any atom is 0.498 e. The number of carboxylic acids is 1. The lowest BCUT2D eigenvalue weighted by atomic mass is 10.2. The summed E-state index contributed by atoms with van der Waals surface area (Å²) in [7, 11) is -13.4. The molecule has 0 bridgehead atoms. The molecule has 0 radical (unpaired) electrons. The molecule has 1 fully saturated rings. The third-order valence-corrected chi connectivity index (χ3v) is 7.65. The predicted molar refractivity (Wildman–Crippen MR) is 57.6 cm³/mol. The second-order valence-corrected chi connectivity index (χ2v) is 9.13. The van der Waals surface area contributed by atoms with E-state index < -0.39 is 65.9 Å². The van der Waals surface area contributed by atoms with Crippen molar-refractivity contribution in [2.45, 2.75) is 28.4 Å². The van der Waals surface area contributed by atoms with Crippen LogP contribution < -0.4 is 0 Å². The molecule has 2 unspecified atom stereocenters. The SMILES string of the molecule is O=C(O)C1CC1CC(S(=O)(=O)C(F)(F)F)S(=O)(=O)C(F)(F)F. The Hall–Kier alpha value is -1.05. The van der Waals surface area contributed by atoms with Crippen LogP contribution in [-0.4, -0.2) is 43.5 Å². The molecule has 1 aliphatic rings. The van der Waals surface area contributed by atoms with E-state index in [4.69, 9.17) is 5.11 Å². The molecular weight excluding hydrogens is 370 g/mol. The summed E-state index contributed by atoms with van der Waals surface area (Å²) in [5.41, 5.74) is -12.4. The van der Waals surface area contributed by atoms with E-state index in [0.29, 0.717) is 0 Å². The van der Waals surface area contributed by atoms with Gasteiger partial charge in [0, 0.05) is 0 Å². The molecule has 0 saturated heterocycles. The molecule has 6 nitrogen and oxygen atoms in total. The van der Waals surface area contributed by atoms with Gasteiger partial charge in [-0.05, 0) is 18.8 Å². The monoisotopic (exact) mass is 378 g/mol. The Morgan fingerprint density at radius 2 is 1.36 bits per heavy atom. The maximum atomic E-state index is 12.4. The largest absolute Gasteiger partial charge is 0.498 e. The highest BCUT2D eigenvalue weighted by atomic mass is 32.3. The zero-order valence-electron chi connectivity index (χ0n) is 10.2. The molecule has 0 spiro atoms. The summed E-state index contributed by atoms with van der Waals surface area (Å²) in [4.78, 5) is 10.5. The van der Waals surface area contributed by atoms with Gasteiger partial charge in [-0.1, -0.05) is 0 Å². The van der Waals surface area contributed by atoms with Gasteiger partial charge >= 0.3 is 17.0 Å². The number of carboxylic acid groups (broad SMARTS) is 1. The number of sulfone groups is 2. The molecule has 0 aromatic heterocycles. The first kappa shape index (κ1) is 19.0. The van der Waals surface area contributed by atoms with Crippen molar-refractivity contribution < 1.29 is 53.1 Å². The summed E-state index contributed by atoms with van der Waals surface area (Å²) in [5.74, 6) is -4.32. The standard InChI is InChI=1S/C8H8F6O6S2/c9-7(10,11)21(17,18)5(22(19,20)8(12,13)14)2-3-1-4(3)6(15)16/h3-5H,1-2H2,(H,15,16). The molecule has 14 heteroatoms. The quantitative estimate of drug-likeness (QED) is 0.723. The van der Waals surface area contributed by atoms with Crippen LogP contribution in [0.25, 0.3) is 0 Å². The van der Waals surface area contributed by atoms with Gasteiger partial charge in [-0.2, -0.15) is 26.3 Å². The van der Waals surface area contributed by atoms with E-state index in [-0.39, 0.29) is 0 Å². The number of hydrogen-bond donors (Lipinski definition) is 1. The molecule has 1 aliphatic carbocycles. The predicted octanol–water partition coefficient (Wildman–Crippen LogP) is 1.29. The van der Waals surface area contributed by atoms with Crippen LogP contribution in [0.2, 0.25) is 0 Å². The minimum absolute atomic E-state index is 0.396. The van der Waals surface area contributed by atoms with Crippen LogP contribution in [0.15, 0.2) is 0 Å². The smallest absolute Gasteiger partial charge is 0.481 e. The fraction of sp³-hybridized carbons (Fsp3) is 0.875. The Kier molecular flexibility index (Phi) is 4.53. The first-order valence-electron chi connectivity index (χ1n) is 5.36. The molecule has 0 amide bonds. The van der Waals surface area contributed by atoms with Crippen LogP contribution in [0.4, 0.5) is 26.3 Å². The van der Waals surface area contributed by atoms with Gasteiger partial charge in [0.2, 0.25) is 0 Å². The number of carbonyl (C=O) groups is 1. The van der Waals surface area contributed by atoms with Crippen LogP contribution >= 0.6 is 0 Å². The number of halogens is 6. The highest BCUT2D eigenvalue weighted by Crippen LogP contribution is 2.47. The van der Waals surface area contributed by atoms with Gasteiger partial charge in [-0.3, -0.25) is 4.79 Å². The zero-order valence-corrected chi connectivity index (χ0v) is 11.9. The first-order chi connectivity index (χ1) is 9.53. The molecule has 1 rings (SSSR count). The maximum absolute atomic E-state index is 12.4. The van der Waals surface area contributed by atoms with E-state index in [0.717, 1.165) is 0 Å². The highest BCUT2D eigenvalue weighted by Gasteiger charge is 2.64. The summed E-state index contributed by atoms with van der Waals surface area (Å²) in [6.07, 6.45) is -1.98. The average Bonchev–Trinajstić information content (AvgIpc) is 3.01. The molecular formula is C8H8F6O6S2. The minimum Gasteiger partial charge on any atom is -0.481 e. The lowest BCUT2D eigenvalue weighted by Gasteiger charge is -2.20. The average molecular weight is 378 g/mol. The van der Waals surface area contributed by atoms with Gasteiger partial charge in [0.1, 0.15) is 0 Å². The fourth-order valence-electron chi connectivity index (χ4n) is 1.78. The van der Waals surface area contributed by atoms with Gasteiger partial charge < -0.3 is 5.11 Å². The summed E-state index contributed by atoms with van der Waals surface area (Å²) >= 11 is 0. The molecule has 0 aromatic rings. The number of rotatable bonds is 5. The number of aliphatic carboxylic acids is 1. The van der Waals surface area contributed by atoms with Crippen molar-refractivity contribution in [2.75, 3.05) is 0 Å². The Morgan fingerprint density at radius 3 is 1.59 bits per heavy atom. The summed E-state index contributed by atoms with van der Waals surface area (Å²) in [6.45, 7) is 0. The molecule has 1 saturated carbocycles. The van der Waals surface area contributed by atoms with Crippen molar-refractivity contribution in [2.24, 2.45) is 11.8 Å². The summed E-state index contributed by atoms with van der Waals surface area (Å²) in [5, 5.41) is 8.52. The third-order valence-electron chi connectivity index (χ3n) is 3.07. The normalized spacial score (nSPS) is 23.6. The summed E-state index contributed by atoms with van der Waals surface area (Å²) < 4.78 is 115. The van der Waals surface area contributed by atoms with Crippen molar-refractivity contribution in [1.29, 1.82) is 0 Å². The lowest BCUT2D eigenvalue weighted by Crippen LogP contribution is -2.45. The summed E-state index contributed by atoms with van der Waals surface area (Å²) in [6, 6.07) is 0. The first-order valence-corrected chi connectivity index (χ1v) is 8.46. The Morgan fingerprint density at radius 1 is 1.00 bits per heavy atom. The molecule has 2 atom stereocenters.